The Hall–Kier alpha value is -1.07. The zero-order chi connectivity index (χ0) is 17.2. The van der Waals surface area contributed by atoms with Gasteiger partial charge in [0.2, 0.25) is 10.0 Å². The van der Waals surface area contributed by atoms with Crippen molar-refractivity contribution < 1.29 is 8.42 Å². The van der Waals surface area contributed by atoms with E-state index >= 15 is 0 Å². The average molecular weight is 384 g/mol. The molecule has 128 valence electrons. The van der Waals surface area contributed by atoms with Crippen LogP contribution in [0.4, 0.5) is 0 Å². The Morgan fingerprint density at radius 1 is 1.00 bits per heavy atom. The van der Waals surface area contributed by atoms with Crippen LogP contribution in [-0.4, -0.2) is 25.8 Å². The predicted molar refractivity (Wildman–Crippen MR) is 98.1 cm³/mol. The van der Waals surface area contributed by atoms with Gasteiger partial charge >= 0.3 is 0 Å². The highest BCUT2D eigenvalue weighted by Gasteiger charge is 2.30. The molecular weight excluding hydrogens is 365 g/mol. The normalized spacial score (nSPS) is 17.1. The molecule has 1 aliphatic rings. The minimum atomic E-state index is -3.56. The Labute approximate surface area is 153 Å². The van der Waals surface area contributed by atoms with E-state index in [0.717, 1.165) is 19.3 Å². The molecule has 0 bridgehead atoms. The minimum absolute atomic E-state index is 0.134. The van der Waals surface area contributed by atoms with E-state index in [9.17, 15) is 8.42 Å². The first-order valence-corrected chi connectivity index (χ1v) is 10.2. The van der Waals surface area contributed by atoms with Crippen molar-refractivity contribution in [3.05, 3.63) is 64.1 Å². The zero-order valence-electron chi connectivity index (χ0n) is 13.2. The van der Waals surface area contributed by atoms with Gasteiger partial charge in [0.25, 0.3) is 0 Å². The van der Waals surface area contributed by atoms with Crippen molar-refractivity contribution in [1.82, 2.24) is 4.31 Å². The Kier molecular flexibility index (Phi) is 5.50. The largest absolute Gasteiger partial charge is 0.244 e. The molecule has 3 rings (SSSR count). The molecule has 0 radical (unpaired) electrons. The Bertz CT molecular complexity index is 801. The van der Waals surface area contributed by atoms with E-state index in [1.165, 1.54) is 22.0 Å². The van der Waals surface area contributed by atoms with Gasteiger partial charge in [0.05, 0.1) is 5.02 Å². The first-order chi connectivity index (χ1) is 11.5. The van der Waals surface area contributed by atoms with Gasteiger partial charge in [0.1, 0.15) is 4.90 Å². The number of nitrogens with zero attached hydrogens (tertiary/aromatic N) is 1. The van der Waals surface area contributed by atoms with Gasteiger partial charge < -0.3 is 0 Å². The smallest absolute Gasteiger partial charge is 0.207 e. The fourth-order valence-corrected chi connectivity index (χ4v) is 5.34. The highest BCUT2D eigenvalue weighted by Crippen LogP contribution is 2.30. The number of hydrogen-bond donors (Lipinski definition) is 0. The summed E-state index contributed by atoms with van der Waals surface area (Å²) in [6.07, 6.45) is 2.72. The van der Waals surface area contributed by atoms with Gasteiger partial charge in [0, 0.05) is 18.1 Å². The lowest BCUT2D eigenvalue weighted by Crippen LogP contribution is -2.39. The van der Waals surface area contributed by atoms with Gasteiger partial charge in [-0.15, -0.1) is 0 Å². The summed E-state index contributed by atoms with van der Waals surface area (Å²) in [6, 6.07) is 14.8. The highest BCUT2D eigenvalue weighted by atomic mass is 35.5. The van der Waals surface area contributed by atoms with Gasteiger partial charge in [-0.05, 0) is 48.9 Å². The summed E-state index contributed by atoms with van der Waals surface area (Å²) in [5, 5.41) is 0.606. The molecule has 0 N–H and O–H groups in total. The fraction of sp³-hybridized carbons (Fsp3) is 0.333. The van der Waals surface area contributed by atoms with Crippen molar-refractivity contribution in [2.45, 2.75) is 24.2 Å². The first kappa shape index (κ1) is 17.7. The SMILES string of the molecule is O=S(=O)(c1ccc(Cl)cc1Cl)N1CCC(Cc2ccccc2)CC1. The Morgan fingerprint density at radius 3 is 2.29 bits per heavy atom. The summed E-state index contributed by atoms with van der Waals surface area (Å²) >= 11 is 11.9. The topological polar surface area (TPSA) is 37.4 Å². The molecule has 0 spiro atoms. The molecule has 0 unspecified atom stereocenters. The lowest BCUT2D eigenvalue weighted by atomic mass is 9.91. The molecule has 0 saturated carbocycles. The van der Waals surface area contributed by atoms with E-state index in [2.05, 4.69) is 12.1 Å². The number of halogens is 2. The van der Waals surface area contributed by atoms with Crippen LogP contribution in [0.25, 0.3) is 0 Å². The standard InChI is InChI=1S/C18H19Cl2NO2S/c19-16-6-7-18(17(20)13-16)24(22,23)21-10-8-15(9-11-21)12-14-4-2-1-3-5-14/h1-7,13,15H,8-12H2. The molecule has 3 nitrogen and oxygen atoms in total. The van der Waals surface area contributed by atoms with E-state index < -0.39 is 10.0 Å². The molecule has 1 heterocycles. The van der Waals surface area contributed by atoms with Crippen LogP contribution in [0.1, 0.15) is 18.4 Å². The van der Waals surface area contributed by atoms with Crippen LogP contribution in [0.3, 0.4) is 0 Å². The third-order valence-corrected chi connectivity index (χ3v) is 7.07. The number of hydrogen-bond acceptors (Lipinski definition) is 2. The third kappa shape index (κ3) is 3.94. The lowest BCUT2D eigenvalue weighted by molar-refractivity contribution is 0.273. The molecule has 0 aliphatic carbocycles. The molecule has 2 aromatic rings. The Morgan fingerprint density at radius 2 is 1.67 bits per heavy atom. The second kappa shape index (κ2) is 7.44. The van der Waals surface area contributed by atoms with Crippen LogP contribution >= 0.6 is 23.2 Å². The van der Waals surface area contributed by atoms with Crippen LogP contribution in [0.15, 0.2) is 53.4 Å². The van der Waals surface area contributed by atoms with Gasteiger partial charge in [0.15, 0.2) is 0 Å². The molecule has 0 amide bonds. The quantitative estimate of drug-likeness (QED) is 0.770. The number of rotatable bonds is 4. The molecule has 0 aromatic heterocycles. The second-order valence-electron chi connectivity index (χ2n) is 6.11. The van der Waals surface area contributed by atoms with Crippen LogP contribution < -0.4 is 0 Å². The molecule has 2 aromatic carbocycles. The molecular formula is C18H19Cl2NO2S. The monoisotopic (exact) mass is 383 g/mol. The molecule has 0 atom stereocenters. The summed E-state index contributed by atoms with van der Waals surface area (Å²) in [6.45, 7) is 1.05. The maximum Gasteiger partial charge on any atom is 0.244 e. The van der Waals surface area contributed by atoms with E-state index in [1.54, 1.807) is 6.07 Å². The maximum atomic E-state index is 12.8. The number of sulfonamides is 1. The molecule has 6 heteroatoms. The summed E-state index contributed by atoms with van der Waals surface area (Å²) < 4.78 is 27.1. The average Bonchev–Trinajstić information content (AvgIpc) is 2.56. The van der Waals surface area contributed by atoms with Crippen LogP contribution in [0.2, 0.25) is 10.0 Å². The van der Waals surface area contributed by atoms with Crippen molar-refractivity contribution in [3.8, 4) is 0 Å². The zero-order valence-corrected chi connectivity index (χ0v) is 15.5. The molecule has 1 aliphatic heterocycles. The van der Waals surface area contributed by atoms with Gasteiger partial charge in [-0.2, -0.15) is 4.31 Å². The lowest BCUT2D eigenvalue weighted by Gasteiger charge is -2.31. The van der Waals surface area contributed by atoms with E-state index in [1.807, 2.05) is 18.2 Å². The summed E-state index contributed by atoms with van der Waals surface area (Å²) in [5.74, 6) is 0.513. The highest BCUT2D eigenvalue weighted by molar-refractivity contribution is 7.89. The summed E-state index contributed by atoms with van der Waals surface area (Å²) in [5.41, 5.74) is 1.31. The number of benzene rings is 2. The van der Waals surface area contributed by atoms with Gasteiger partial charge in [-0.25, -0.2) is 8.42 Å². The summed E-state index contributed by atoms with van der Waals surface area (Å²) in [4.78, 5) is 0.134. The maximum absolute atomic E-state index is 12.8. The number of piperidine rings is 1. The van der Waals surface area contributed by atoms with Crippen LogP contribution in [0.5, 0.6) is 0 Å². The van der Waals surface area contributed by atoms with E-state index in [-0.39, 0.29) is 9.92 Å². The summed E-state index contributed by atoms with van der Waals surface area (Å²) in [7, 11) is -3.56. The van der Waals surface area contributed by atoms with Crippen LogP contribution in [-0.2, 0) is 16.4 Å². The minimum Gasteiger partial charge on any atom is -0.207 e. The van der Waals surface area contributed by atoms with Crippen molar-refractivity contribution in [2.75, 3.05) is 13.1 Å². The van der Waals surface area contributed by atoms with E-state index in [0.29, 0.717) is 24.0 Å². The van der Waals surface area contributed by atoms with Gasteiger partial charge in [-0.1, -0.05) is 53.5 Å². The molecule has 24 heavy (non-hydrogen) atoms. The first-order valence-electron chi connectivity index (χ1n) is 7.96. The van der Waals surface area contributed by atoms with E-state index in [4.69, 9.17) is 23.2 Å². The third-order valence-electron chi connectivity index (χ3n) is 4.45. The Balaban J connectivity index is 1.67. The van der Waals surface area contributed by atoms with Crippen molar-refractivity contribution >= 4 is 33.2 Å². The molecule has 1 saturated heterocycles. The van der Waals surface area contributed by atoms with Crippen molar-refractivity contribution in [3.63, 3.8) is 0 Å². The fourth-order valence-electron chi connectivity index (χ4n) is 3.12. The molecule has 1 fully saturated rings. The van der Waals surface area contributed by atoms with Gasteiger partial charge in [-0.3, -0.25) is 0 Å². The van der Waals surface area contributed by atoms with Crippen molar-refractivity contribution in [2.24, 2.45) is 5.92 Å². The second-order valence-corrected chi connectivity index (χ2v) is 8.86. The predicted octanol–water partition coefficient (Wildman–Crippen LogP) is 4.64. The van der Waals surface area contributed by atoms with Crippen LogP contribution in [0, 0.1) is 5.92 Å². The van der Waals surface area contributed by atoms with Crippen molar-refractivity contribution in [1.29, 1.82) is 0 Å².